The van der Waals surface area contributed by atoms with Gasteiger partial charge in [-0.2, -0.15) is 0 Å². The Kier molecular flexibility index (Phi) is 7.75. The van der Waals surface area contributed by atoms with Crippen LogP contribution in [0.3, 0.4) is 0 Å². The van der Waals surface area contributed by atoms with Crippen LogP contribution in [0, 0.1) is 0 Å². The van der Waals surface area contributed by atoms with Crippen LogP contribution in [0.1, 0.15) is 30.4 Å². The number of aliphatic hydroxyl groups excluding tert-OH is 2. The highest BCUT2D eigenvalue weighted by Crippen LogP contribution is 2.27. The number of rotatable bonds is 10. The average Bonchev–Trinajstić information content (AvgIpc) is 2.66. The number of aliphatic hydroxyl groups is 2. The fourth-order valence-electron chi connectivity index (χ4n) is 2.92. The summed E-state index contributed by atoms with van der Waals surface area (Å²) in [6.07, 6.45) is 1.75. The van der Waals surface area contributed by atoms with Crippen LogP contribution in [0.15, 0.2) is 42.5 Å². The first-order chi connectivity index (χ1) is 12.5. The van der Waals surface area contributed by atoms with E-state index < -0.39 is 12.2 Å². The van der Waals surface area contributed by atoms with Crippen molar-refractivity contribution in [1.82, 2.24) is 0 Å². The summed E-state index contributed by atoms with van der Waals surface area (Å²) in [6, 6.07) is 12.9. The lowest BCUT2D eigenvalue weighted by Gasteiger charge is -2.16. The maximum absolute atomic E-state index is 10.2. The van der Waals surface area contributed by atoms with E-state index in [1.165, 1.54) is 7.11 Å². The Bertz CT molecular complexity index is 686. The van der Waals surface area contributed by atoms with Crippen LogP contribution in [0.25, 0.3) is 0 Å². The highest BCUT2D eigenvalue weighted by Gasteiger charge is 2.13. The number of benzene rings is 2. The molecule has 0 fully saturated rings. The molecule has 5 heteroatoms. The molecule has 2 unspecified atom stereocenters. The fourth-order valence-corrected chi connectivity index (χ4v) is 2.92. The quantitative estimate of drug-likeness (QED) is 0.607. The molecular formula is C21H28O5. The molecule has 0 aromatic heterocycles. The van der Waals surface area contributed by atoms with Crippen molar-refractivity contribution in [2.24, 2.45) is 0 Å². The van der Waals surface area contributed by atoms with E-state index in [4.69, 9.17) is 9.47 Å². The van der Waals surface area contributed by atoms with Crippen LogP contribution >= 0.6 is 0 Å². The highest BCUT2D eigenvalue weighted by atomic mass is 16.5. The van der Waals surface area contributed by atoms with Crippen LogP contribution in [0.2, 0.25) is 0 Å². The van der Waals surface area contributed by atoms with Gasteiger partial charge in [-0.25, -0.2) is 0 Å². The van der Waals surface area contributed by atoms with Crippen LogP contribution in [-0.4, -0.2) is 41.7 Å². The minimum atomic E-state index is -0.574. The van der Waals surface area contributed by atoms with Gasteiger partial charge in [-0.05, 0) is 67.5 Å². The predicted octanol–water partition coefficient (Wildman–Crippen LogP) is 3.09. The molecule has 2 atom stereocenters. The van der Waals surface area contributed by atoms with Crippen molar-refractivity contribution >= 4 is 0 Å². The summed E-state index contributed by atoms with van der Waals surface area (Å²) >= 11 is 0. The molecular weight excluding hydrogens is 332 g/mol. The van der Waals surface area contributed by atoms with Crippen LogP contribution < -0.4 is 9.47 Å². The first-order valence-corrected chi connectivity index (χ1v) is 8.86. The van der Waals surface area contributed by atoms with Crippen LogP contribution in [-0.2, 0) is 12.8 Å². The molecule has 2 rings (SSSR count). The van der Waals surface area contributed by atoms with Crippen molar-refractivity contribution in [3.05, 3.63) is 53.6 Å². The standard InChI is InChI=1S/C21H28O5/c1-25-19-5-3-4-15(12-19)6-9-17(22)14-18(23)10-7-16-8-11-20(24)21(13-16)26-2/h3-5,8,11-13,17-18,22-24H,6-7,9-10,14H2,1-2H3. The Balaban J connectivity index is 1.75. The number of aromatic hydroxyl groups is 1. The van der Waals surface area contributed by atoms with Crippen molar-refractivity contribution < 1.29 is 24.8 Å². The van der Waals surface area contributed by atoms with E-state index in [1.807, 2.05) is 30.3 Å². The van der Waals surface area contributed by atoms with E-state index in [1.54, 1.807) is 19.2 Å². The molecule has 0 amide bonds. The molecule has 5 nitrogen and oxygen atoms in total. The predicted molar refractivity (Wildman–Crippen MR) is 101 cm³/mol. The van der Waals surface area contributed by atoms with E-state index >= 15 is 0 Å². The Morgan fingerprint density at radius 1 is 0.846 bits per heavy atom. The number of phenolic OH excluding ortho intramolecular Hbond substituents is 1. The largest absolute Gasteiger partial charge is 0.504 e. The average molecular weight is 360 g/mol. The lowest BCUT2D eigenvalue weighted by Crippen LogP contribution is -2.19. The topological polar surface area (TPSA) is 79.2 Å². The molecule has 0 radical (unpaired) electrons. The zero-order valence-electron chi connectivity index (χ0n) is 15.4. The van der Waals surface area contributed by atoms with Gasteiger partial charge in [0.05, 0.1) is 26.4 Å². The maximum atomic E-state index is 10.2. The third-order valence-corrected chi connectivity index (χ3v) is 4.45. The molecule has 3 N–H and O–H groups in total. The second-order valence-corrected chi connectivity index (χ2v) is 6.48. The molecule has 0 heterocycles. The summed E-state index contributed by atoms with van der Waals surface area (Å²) in [6.45, 7) is 0. The lowest BCUT2D eigenvalue weighted by atomic mass is 9.99. The van der Waals surface area contributed by atoms with Crippen molar-refractivity contribution in [3.8, 4) is 17.2 Å². The van der Waals surface area contributed by atoms with E-state index in [2.05, 4.69) is 0 Å². The van der Waals surface area contributed by atoms with E-state index in [0.29, 0.717) is 31.4 Å². The fraction of sp³-hybridized carbons (Fsp3) is 0.429. The zero-order chi connectivity index (χ0) is 18.9. The van der Waals surface area contributed by atoms with Gasteiger partial charge in [-0.3, -0.25) is 0 Å². The summed E-state index contributed by atoms with van der Waals surface area (Å²) in [5.74, 6) is 1.33. The summed E-state index contributed by atoms with van der Waals surface area (Å²) in [7, 11) is 3.14. The van der Waals surface area contributed by atoms with Gasteiger partial charge in [0.15, 0.2) is 11.5 Å². The van der Waals surface area contributed by atoms with Crippen molar-refractivity contribution in [2.75, 3.05) is 14.2 Å². The number of aryl methyl sites for hydroxylation is 2. The summed E-state index contributed by atoms with van der Waals surface area (Å²) in [4.78, 5) is 0. The van der Waals surface area contributed by atoms with Gasteiger partial charge in [-0.1, -0.05) is 18.2 Å². The second-order valence-electron chi connectivity index (χ2n) is 6.48. The third kappa shape index (κ3) is 6.24. The third-order valence-electron chi connectivity index (χ3n) is 4.45. The molecule has 0 aliphatic heterocycles. The number of ether oxygens (including phenoxy) is 2. The summed E-state index contributed by atoms with van der Waals surface area (Å²) < 4.78 is 10.3. The monoisotopic (exact) mass is 360 g/mol. The Hall–Kier alpha value is -2.24. The van der Waals surface area contributed by atoms with Gasteiger partial charge in [0.1, 0.15) is 5.75 Å². The molecule has 142 valence electrons. The molecule has 0 aliphatic rings. The molecule has 2 aromatic rings. The van der Waals surface area contributed by atoms with E-state index in [9.17, 15) is 15.3 Å². The number of hydrogen-bond acceptors (Lipinski definition) is 5. The van der Waals surface area contributed by atoms with Crippen molar-refractivity contribution in [1.29, 1.82) is 0 Å². The molecule has 0 bridgehead atoms. The second kappa shape index (κ2) is 10.0. The van der Waals surface area contributed by atoms with Gasteiger partial charge >= 0.3 is 0 Å². The highest BCUT2D eigenvalue weighted by molar-refractivity contribution is 5.41. The number of hydrogen-bond donors (Lipinski definition) is 3. The Morgan fingerprint density at radius 3 is 2.12 bits per heavy atom. The molecule has 0 spiro atoms. The number of phenols is 1. The van der Waals surface area contributed by atoms with Gasteiger partial charge < -0.3 is 24.8 Å². The van der Waals surface area contributed by atoms with E-state index in [0.717, 1.165) is 23.3 Å². The SMILES string of the molecule is COc1cccc(CCC(O)CC(O)CCc2ccc(O)c(OC)c2)c1. The summed E-state index contributed by atoms with van der Waals surface area (Å²) in [5.41, 5.74) is 2.08. The van der Waals surface area contributed by atoms with Crippen LogP contribution in [0.4, 0.5) is 0 Å². The van der Waals surface area contributed by atoms with Gasteiger partial charge in [0.25, 0.3) is 0 Å². The molecule has 26 heavy (non-hydrogen) atoms. The maximum Gasteiger partial charge on any atom is 0.160 e. The van der Waals surface area contributed by atoms with Crippen molar-refractivity contribution in [3.63, 3.8) is 0 Å². The first kappa shape index (κ1) is 20.1. The molecule has 0 saturated heterocycles. The van der Waals surface area contributed by atoms with Crippen LogP contribution in [0.5, 0.6) is 17.2 Å². The molecule has 0 aliphatic carbocycles. The number of methoxy groups -OCH3 is 2. The first-order valence-electron chi connectivity index (χ1n) is 8.86. The smallest absolute Gasteiger partial charge is 0.160 e. The summed E-state index contributed by atoms with van der Waals surface area (Å²) in [5, 5.41) is 30.0. The Morgan fingerprint density at radius 2 is 1.50 bits per heavy atom. The lowest BCUT2D eigenvalue weighted by molar-refractivity contribution is 0.0714. The van der Waals surface area contributed by atoms with Crippen molar-refractivity contribution in [2.45, 2.75) is 44.3 Å². The molecule has 0 saturated carbocycles. The minimum Gasteiger partial charge on any atom is -0.504 e. The Labute approximate surface area is 154 Å². The van der Waals surface area contributed by atoms with Gasteiger partial charge in [0.2, 0.25) is 0 Å². The van der Waals surface area contributed by atoms with Gasteiger partial charge in [0, 0.05) is 0 Å². The normalized spacial score (nSPS) is 13.2. The van der Waals surface area contributed by atoms with E-state index in [-0.39, 0.29) is 5.75 Å². The van der Waals surface area contributed by atoms with Gasteiger partial charge in [-0.15, -0.1) is 0 Å². The zero-order valence-corrected chi connectivity index (χ0v) is 15.4. The molecule has 2 aromatic carbocycles. The minimum absolute atomic E-state index is 0.102.